The molecule has 0 spiro atoms. The van der Waals surface area contributed by atoms with Crippen molar-refractivity contribution in [3.8, 4) is 5.69 Å². The molecule has 0 unspecified atom stereocenters. The molecule has 1 N–H and O–H groups in total. The maximum Gasteiger partial charge on any atom is 0.337 e. The van der Waals surface area contributed by atoms with Crippen LogP contribution in [-0.2, 0) is 14.3 Å². The third-order valence-corrected chi connectivity index (χ3v) is 6.12. The summed E-state index contributed by atoms with van der Waals surface area (Å²) in [5.41, 5.74) is 3.99. The summed E-state index contributed by atoms with van der Waals surface area (Å²) in [5.74, 6) is -1.56. The second kappa shape index (κ2) is 9.24. The Labute approximate surface area is 206 Å². The van der Waals surface area contributed by atoms with E-state index < -0.39 is 17.8 Å². The van der Waals surface area contributed by atoms with Crippen molar-refractivity contribution < 1.29 is 19.1 Å². The lowest BCUT2D eigenvalue weighted by molar-refractivity contribution is -0.122. The Balaban J connectivity index is 1.73. The standard InChI is InChI=1S/C25H20ClN3O4S/c1-14-12-17(15(2)28(14)18-10-8-16(9-11-18)24(32)33-3)13-19-22(30)27-25(34)29(23(19)31)21-7-5-4-6-20(21)26/h4-13H,1-3H3,(H,27,30,34)/b19-13+. The Morgan fingerprint density at radius 3 is 2.41 bits per heavy atom. The fourth-order valence-corrected chi connectivity index (χ4v) is 4.35. The molecule has 2 amide bonds. The largest absolute Gasteiger partial charge is 0.465 e. The van der Waals surface area contributed by atoms with E-state index in [1.165, 1.54) is 12.0 Å². The van der Waals surface area contributed by atoms with E-state index in [1.54, 1.807) is 54.6 Å². The molecule has 2 heterocycles. The molecular formula is C25H20ClN3O4S. The van der Waals surface area contributed by atoms with Gasteiger partial charge in [-0.05, 0) is 80.2 Å². The third-order valence-electron chi connectivity index (χ3n) is 5.51. The molecule has 3 aromatic rings. The number of benzene rings is 2. The van der Waals surface area contributed by atoms with Crippen LogP contribution in [0.1, 0.15) is 27.3 Å². The highest BCUT2D eigenvalue weighted by molar-refractivity contribution is 7.80. The van der Waals surface area contributed by atoms with Crippen molar-refractivity contribution in [1.29, 1.82) is 0 Å². The molecule has 0 bridgehead atoms. The summed E-state index contributed by atoms with van der Waals surface area (Å²) in [5, 5.41) is 2.88. The number of aromatic nitrogens is 1. The zero-order valence-corrected chi connectivity index (χ0v) is 20.2. The number of thiocarbonyl (C=S) groups is 1. The number of anilines is 1. The summed E-state index contributed by atoms with van der Waals surface area (Å²) in [6, 6.07) is 15.6. The van der Waals surface area contributed by atoms with Crippen molar-refractivity contribution in [3.05, 3.63) is 87.7 Å². The number of hydrogen-bond donors (Lipinski definition) is 1. The molecule has 34 heavy (non-hydrogen) atoms. The fraction of sp³-hybridized carbons (Fsp3) is 0.120. The van der Waals surface area contributed by atoms with Gasteiger partial charge in [-0.15, -0.1) is 0 Å². The first kappa shape index (κ1) is 23.4. The number of nitrogens with zero attached hydrogens (tertiary/aromatic N) is 2. The number of methoxy groups -OCH3 is 1. The normalized spacial score (nSPS) is 15.0. The van der Waals surface area contributed by atoms with Crippen LogP contribution in [0.2, 0.25) is 5.02 Å². The Morgan fingerprint density at radius 1 is 1.09 bits per heavy atom. The number of rotatable bonds is 4. The number of aryl methyl sites for hydroxylation is 1. The fourth-order valence-electron chi connectivity index (χ4n) is 3.86. The van der Waals surface area contributed by atoms with Crippen molar-refractivity contribution in [1.82, 2.24) is 9.88 Å². The predicted octanol–water partition coefficient (Wildman–Crippen LogP) is 4.37. The van der Waals surface area contributed by atoms with E-state index in [-0.39, 0.29) is 10.7 Å². The van der Waals surface area contributed by atoms with Crippen LogP contribution in [-0.4, -0.2) is 34.6 Å². The van der Waals surface area contributed by atoms with Crippen molar-refractivity contribution in [2.45, 2.75) is 13.8 Å². The monoisotopic (exact) mass is 493 g/mol. The molecule has 7 nitrogen and oxygen atoms in total. The SMILES string of the molecule is COC(=O)c1ccc(-n2c(C)cc(/C=C3\C(=O)NC(=S)N(c4ccccc4Cl)C3=O)c2C)cc1. The smallest absolute Gasteiger partial charge is 0.337 e. The van der Waals surface area contributed by atoms with Gasteiger partial charge in [0.05, 0.1) is 23.4 Å². The molecule has 2 aromatic carbocycles. The highest BCUT2D eigenvalue weighted by Gasteiger charge is 2.35. The van der Waals surface area contributed by atoms with Gasteiger partial charge in [-0.25, -0.2) is 4.79 Å². The van der Waals surface area contributed by atoms with E-state index >= 15 is 0 Å². The van der Waals surface area contributed by atoms with Gasteiger partial charge >= 0.3 is 5.97 Å². The number of esters is 1. The molecule has 172 valence electrons. The van der Waals surface area contributed by atoms with Crippen LogP contribution in [0.4, 0.5) is 5.69 Å². The molecule has 9 heteroatoms. The molecule has 4 rings (SSSR count). The maximum atomic E-state index is 13.3. The molecule has 0 aliphatic carbocycles. The van der Waals surface area contributed by atoms with Crippen molar-refractivity contribution in [2.75, 3.05) is 12.0 Å². The van der Waals surface area contributed by atoms with E-state index in [2.05, 4.69) is 5.32 Å². The van der Waals surface area contributed by atoms with Gasteiger partial charge in [0.2, 0.25) is 0 Å². The molecule has 1 aliphatic rings. The number of ether oxygens (including phenoxy) is 1. The summed E-state index contributed by atoms with van der Waals surface area (Å²) in [6.07, 6.45) is 1.55. The second-order valence-electron chi connectivity index (χ2n) is 7.61. The van der Waals surface area contributed by atoms with Gasteiger partial charge in [-0.1, -0.05) is 23.7 Å². The zero-order valence-electron chi connectivity index (χ0n) is 18.6. The van der Waals surface area contributed by atoms with Crippen LogP contribution in [0.25, 0.3) is 11.8 Å². The topological polar surface area (TPSA) is 80.6 Å². The molecule has 1 aliphatic heterocycles. The van der Waals surface area contributed by atoms with Gasteiger partial charge in [0.1, 0.15) is 5.57 Å². The van der Waals surface area contributed by atoms with E-state index in [4.69, 9.17) is 28.6 Å². The Bertz CT molecular complexity index is 1380. The highest BCUT2D eigenvalue weighted by Crippen LogP contribution is 2.30. The van der Waals surface area contributed by atoms with E-state index in [0.717, 1.165) is 17.1 Å². The van der Waals surface area contributed by atoms with Crippen molar-refractivity contribution >= 4 is 58.5 Å². The molecule has 1 fully saturated rings. The Kier molecular flexibility index (Phi) is 6.37. The Hall–Kier alpha value is -3.75. The number of halogens is 1. The van der Waals surface area contributed by atoms with Crippen LogP contribution in [0.5, 0.6) is 0 Å². The number of nitrogens with one attached hydrogen (secondary N) is 1. The van der Waals surface area contributed by atoms with E-state index in [9.17, 15) is 14.4 Å². The van der Waals surface area contributed by atoms with Crippen LogP contribution in [0, 0.1) is 13.8 Å². The van der Waals surface area contributed by atoms with Gasteiger partial charge in [0, 0.05) is 17.1 Å². The number of carbonyl (C=O) groups excluding carboxylic acids is 3. The van der Waals surface area contributed by atoms with Gasteiger partial charge in [0.25, 0.3) is 11.8 Å². The van der Waals surface area contributed by atoms with Gasteiger partial charge < -0.3 is 9.30 Å². The third kappa shape index (κ3) is 4.13. The molecule has 1 aromatic heterocycles. The first-order valence-corrected chi connectivity index (χ1v) is 11.0. The van der Waals surface area contributed by atoms with Crippen molar-refractivity contribution in [3.63, 3.8) is 0 Å². The minimum Gasteiger partial charge on any atom is -0.465 e. The molecule has 0 radical (unpaired) electrons. The Morgan fingerprint density at radius 2 is 1.76 bits per heavy atom. The molecule has 0 saturated carbocycles. The number of hydrogen-bond acceptors (Lipinski definition) is 5. The maximum absolute atomic E-state index is 13.3. The van der Waals surface area contributed by atoms with Crippen LogP contribution in [0.15, 0.2) is 60.2 Å². The first-order valence-electron chi connectivity index (χ1n) is 10.3. The molecule has 0 atom stereocenters. The van der Waals surface area contributed by atoms with Crippen LogP contribution in [0.3, 0.4) is 0 Å². The van der Waals surface area contributed by atoms with Gasteiger partial charge in [-0.3, -0.25) is 19.8 Å². The lowest BCUT2D eigenvalue weighted by Gasteiger charge is -2.29. The highest BCUT2D eigenvalue weighted by atomic mass is 35.5. The summed E-state index contributed by atoms with van der Waals surface area (Å²) in [7, 11) is 1.33. The average molecular weight is 494 g/mol. The van der Waals surface area contributed by atoms with Crippen LogP contribution < -0.4 is 10.2 Å². The number of para-hydroxylation sites is 1. The second-order valence-corrected chi connectivity index (χ2v) is 8.40. The van der Waals surface area contributed by atoms with Gasteiger partial charge in [-0.2, -0.15) is 0 Å². The minimum absolute atomic E-state index is 0.0311. The van der Waals surface area contributed by atoms with E-state index in [1.807, 2.05) is 24.5 Å². The number of carbonyl (C=O) groups is 3. The molecule has 1 saturated heterocycles. The summed E-state index contributed by atoms with van der Waals surface area (Å²) < 4.78 is 6.72. The average Bonchev–Trinajstić information content (AvgIpc) is 3.10. The lowest BCUT2D eigenvalue weighted by atomic mass is 10.1. The quantitative estimate of drug-likeness (QED) is 0.253. The number of amides is 2. The first-order chi connectivity index (χ1) is 16.2. The van der Waals surface area contributed by atoms with E-state index in [0.29, 0.717) is 21.8 Å². The summed E-state index contributed by atoms with van der Waals surface area (Å²) in [4.78, 5) is 38.9. The predicted molar refractivity (Wildman–Crippen MR) is 134 cm³/mol. The lowest BCUT2D eigenvalue weighted by Crippen LogP contribution is -2.54. The minimum atomic E-state index is -0.578. The summed E-state index contributed by atoms with van der Waals surface area (Å²) >= 11 is 11.5. The van der Waals surface area contributed by atoms with Gasteiger partial charge in [0.15, 0.2) is 5.11 Å². The molecular weight excluding hydrogens is 474 g/mol. The van der Waals surface area contributed by atoms with Crippen LogP contribution >= 0.6 is 23.8 Å². The summed E-state index contributed by atoms with van der Waals surface area (Å²) in [6.45, 7) is 3.80. The zero-order chi connectivity index (χ0) is 24.6. The van der Waals surface area contributed by atoms with Crippen molar-refractivity contribution in [2.24, 2.45) is 0 Å².